The van der Waals surface area contributed by atoms with Crippen LogP contribution >= 0.6 is 0 Å². The van der Waals surface area contributed by atoms with Crippen LogP contribution in [-0.4, -0.2) is 54.3 Å². The summed E-state index contributed by atoms with van der Waals surface area (Å²) in [5.74, 6) is 0. The lowest BCUT2D eigenvalue weighted by atomic mass is 10.1. The van der Waals surface area contributed by atoms with E-state index in [9.17, 15) is 29.8 Å². The molecule has 0 saturated heterocycles. The normalized spacial score (nSPS) is 12.4. The largest absolute Gasteiger partial charge is 0.297 e. The van der Waals surface area contributed by atoms with Crippen LogP contribution in [0.15, 0.2) is 57.4 Å². The molecular formula is C12H11N3O9S3. The molecule has 1 aromatic heterocycles. The average Bonchev–Trinajstić information content (AvgIpc) is 3.10. The van der Waals surface area contributed by atoms with E-state index >= 15 is 0 Å². The minimum absolute atomic E-state index is 0.0878. The molecule has 27 heavy (non-hydrogen) atoms. The van der Waals surface area contributed by atoms with E-state index < -0.39 is 45.0 Å². The fourth-order valence-electron chi connectivity index (χ4n) is 2.13. The van der Waals surface area contributed by atoms with Crippen LogP contribution in [0.5, 0.6) is 0 Å². The van der Waals surface area contributed by atoms with Crippen LogP contribution in [0.25, 0.3) is 10.8 Å². The topological polar surface area (TPSA) is 205 Å². The number of hydrogen-bond donors (Lipinski definition) is 4. The number of H-pyrrole nitrogens is 1. The van der Waals surface area contributed by atoms with Gasteiger partial charge in [0.25, 0.3) is 30.4 Å². The number of fused-ring (bicyclic) bond motifs is 1. The molecule has 0 bridgehead atoms. The van der Waals surface area contributed by atoms with E-state index in [1.807, 2.05) is 0 Å². The molecule has 0 aliphatic rings. The van der Waals surface area contributed by atoms with Crippen molar-refractivity contribution >= 4 is 41.1 Å². The van der Waals surface area contributed by atoms with E-state index in [1.165, 1.54) is 18.2 Å². The highest BCUT2D eigenvalue weighted by molar-refractivity contribution is 7.90. The highest BCUT2D eigenvalue weighted by Gasteiger charge is 2.34. The smallest absolute Gasteiger partial charge is 0.282 e. The molecule has 12 nitrogen and oxygen atoms in total. The van der Waals surface area contributed by atoms with Gasteiger partial charge in [-0.1, -0.05) is 29.5 Å². The van der Waals surface area contributed by atoms with Gasteiger partial charge in [0.05, 0.1) is 6.20 Å². The molecule has 4 N–H and O–H groups in total. The minimum Gasteiger partial charge on any atom is -0.282 e. The zero-order chi connectivity index (χ0) is 20.5. The minimum atomic E-state index is -5.40. The highest BCUT2D eigenvalue weighted by atomic mass is 32.2. The molecule has 2 aromatic carbocycles. The van der Waals surface area contributed by atoms with Gasteiger partial charge in [-0.25, -0.2) is 0 Å². The monoisotopic (exact) mass is 437 g/mol. The molecular weight excluding hydrogens is 426 g/mol. The van der Waals surface area contributed by atoms with Gasteiger partial charge in [-0.05, 0) is 11.5 Å². The summed E-state index contributed by atoms with van der Waals surface area (Å²) in [6, 6.07) is 5.69. The molecule has 0 fully saturated rings. The van der Waals surface area contributed by atoms with E-state index in [0.29, 0.717) is 6.07 Å². The molecule has 0 atom stereocenters. The van der Waals surface area contributed by atoms with Gasteiger partial charge in [0.15, 0.2) is 0 Å². The van der Waals surface area contributed by atoms with Crippen LogP contribution in [0.4, 0.5) is 0 Å². The number of nitrogens with zero attached hydrogens (tertiary/aromatic N) is 2. The average molecular weight is 437 g/mol. The van der Waals surface area contributed by atoms with E-state index in [4.69, 9.17) is 9.11 Å². The maximum absolute atomic E-state index is 11.5. The van der Waals surface area contributed by atoms with Gasteiger partial charge in [0.1, 0.15) is 14.7 Å². The number of rotatable bonds is 3. The van der Waals surface area contributed by atoms with E-state index in [-0.39, 0.29) is 10.8 Å². The Bertz CT molecular complexity index is 1270. The van der Waals surface area contributed by atoms with Crippen molar-refractivity contribution in [2.45, 2.75) is 14.7 Å². The van der Waals surface area contributed by atoms with E-state index in [0.717, 1.165) is 6.07 Å². The van der Waals surface area contributed by atoms with Gasteiger partial charge in [-0.3, -0.25) is 18.8 Å². The molecule has 146 valence electrons. The van der Waals surface area contributed by atoms with Crippen molar-refractivity contribution < 1.29 is 38.9 Å². The van der Waals surface area contributed by atoms with E-state index in [2.05, 4.69) is 15.4 Å². The Labute approximate surface area is 153 Å². The van der Waals surface area contributed by atoms with Crippen LogP contribution in [0.1, 0.15) is 0 Å². The molecule has 1 heterocycles. The summed E-state index contributed by atoms with van der Waals surface area (Å²) in [6.07, 6.45) is 3.24. The summed E-state index contributed by atoms with van der Waals surface area (Å²) in [5.41, 5.74) is 0. The second-order valence-electron chi connectivity index (χ2n) is 4.84. The lowest BCUT2D eigenvalue weighted by Gasteiger charge is -2.12. The molecule has 0 radical (unpaired) electrons. The third-order valence-electron chi connectivity index (χ3n) is 3.05. The zero-order valence-electron chi connectivity index (χ0n) is 13.0. The van der Waals surface area contributed by atoms with Crippen LogP contribution in [-0.2, 0) is 30.4 Å². The van der Waals surface area contributed by atoms with Crippen molar-refractivity contribution in [3.8, 4) is 0 Å². The predicted octanol–water partition coefficient (Wildman–Crippen LogP) is 0.385. The third-order valence-corrected chi connectivity index (χ3v) is 6.06. The highest BCUT2D eigenvalue weighted by Crippen LogP contribution is 2.35. The maximum Gasteiger partial charge on any atom is 0.297 e. The molecule has 0 aliphatic carbocycles. The lowest BCUT2D eigenvalue weighted by molar-refractivity contribution is 0.457. The van der Waals surface area contributed by atoms with Crippen LogP contribution in [0.3, 0.4) is 0 Å². The molecule has 15 heteroatoms. The van der Waals surface area contributed by atoms with Crippen molar-refractivity contribution in [3.63, 3.8) is 0 Å². The van der Waals surface area contributed by atoms with Crippen molar-refractivity contribution in [2.75, 3.05) is 0 Å². The van der Waals surface area contributed by atoms with Crippen molar-refractivity contribution in [2.24, 2.45) is 0 Å². The maximum atomic E-state index is 11.5. The first-order chi connectivity index (χ1) is 12.3. The van der Waals surface area contributed by atoms with Gasteiger partial charge in [0, 0.05) is 11.6 Å². The SMILES string of the molecule is O=S(=O)(O)c1cc2ccccc2c(S(=O)(=O)O)c1S(=O)(=O)O.c1c[nH]nn1. The predicted molar refractivity (Wildman–Crippen MR) is 89.8 cm³/mol. The standard InChI is InChI=1S/C10H8O9S3.C2H3N3/c11-20(12,13)8-5-6-3-1-2-4-7(6)9(21(14,15)16)10(8)22(17,18)19;1-2-4-5-3-1/h1-5H,(H,11,12,13)(H,14,15,16)(H,17,18,19);1-2H,(H,3,4,5). The molecule has 0 unspecified atom stereocenters. The Morgan fingerprint density at radius 3 is 1.81 bits per heavy atom. The summed E-state index contributed by atoms with van der Waals surface area (Å²) in [7, 11) is -15.8. The number of nitrogens with one attached hydrogen (secondary N) is 1. The fourth-order valence-corrected chi connectivity index (χ4v) is 5.54. The Kier molecular flexibility index (Phi) is 5.64. The molecule has 0 amide bonds. The van der Waals surface area contributed by atoms with Crippen molar-refractivity contribution in [1.29, 1.82) is 0 Å². The van der Waals surface area contributed by atoms with Crippen molar-refractivity contribution in [3.05, 3.63) is 42.7 Å². The number of aromatic nitrogens is 3. The zero-order valence-corrected chi connectivity index (χ0v) is 15.4. The summed E-state index contributed by atoms with van der Waals surface area (Å²) < 4.78 is 96.0. The number of hydrogen-bond acceptors (Lipinski definition) is 8. The van der Waals surface area contributed by atoms with Gasteiger partial charge >= 0.3 is 0 Å². The second kappa shape index (κ2) is 7.29. The van der Waals surface area contributed by atoms with Crippen LogP contribution in [0.2, 0.25) is 0 Å². The third kappa shape index (κ3) is 4.85. The van der Waals surface area contributed by atoms with Crippen molar-refractivity contribution in [1.82, 2.24) is 15.4 Å². The quantitative estimate of drug-likeness (QED) is 0.412. The summed E-state index contributed by atoms with van der Waals surface area (Å²) >= 11 is 0. The first kappa shape index (κ1) is 20.9. The van der Waals surface area contributed by atoms with Crippen LogP contribution in [0, 0.1) is 0 Å². The summed E-state index contributed by atoms with van der Waals surface area (Å²) in [6.45, 7) is 0. The molecule has 0 spiro atoms. The van der Waals surface area contributed by atoms with Gasteiger partial charge in [-0.2, -0.15) is 25.3 Å². The Hall–Kier alpha value is -2.43. The molecule has 3 rings (SSSR count). The molecule has 0 aliphatic heterocycles. The van der Waals surface area contributed by atoms with Gasteiger partial charge < -0.3 is 0 Å². The Morgan fingerprint density at radius 2 is 1.41 bits per heavy atom. The fraction of sp³-hybridized carbons (Fsp3) is 0. The van der Waals surface area contributed by atoms with E-state index in [1.54, 1.807) is 12.4 Å². The second-order valence-corrected chi connectivity index (χ2v) is 8.95. The Morgan fingerprint density at radius 1 is 0.815 bits per heavy atom. The Balaban J connectivity index is 0.000000451. The number of benzene rings is 2. The van der Waals surface area contributed by atoms with Gasteiger partial charge in [-0.15, -0.1) is 5.10 Å². The molecule has 0 saturated carbocycles. The number of aromatic amines is 1. The summed E-state index contributed by atoms with van der Waals surface area (Å²) in [5, 5.41) is 8.83. The lowest BCUT2D eigenvalue weighted by Crippen LogP contribution is -2.15. The summed E-state index contributed by atoms with van der Waals surface area (Å²) in [4.78, 5) is -4.31. The first-order valence-electron chi connectivity index (χ1n) is 6.62. The van der Waals surface area contributed by atoms with Crippen LogP contribution < -0.4 is 0 Å². The van der Waals surface area contributed by atoms with Gasteiger partial charge in [0.2, 0.25) is 0 Å². The first-order valence-corrected chi connectivity index (χ1v) is 10.9. The molecule has 3 aromatic rings.